The van der Waals surface area contributed by atoms with Crippen molar-refractivity contribution in [2.45, 2.75) is 19.3 Å². The summed E-state index contributed by atoms with van der Waals surface area (Å²) in [5, 5.41) is 7.61. The highest BCUT2D eigenvalue weighted by Crippen LogP contribution is 2.44. The Balaban J connectivity index is 1.41. The van der Waals surface area contributed by atoms with Crippen LogP contribution in [0.25, 0.3) is 11.3 Å². The summed E-state index contributed by atoms with van der Waals surface area (Å²) < 4.78 is 7.50. The van der Waals surface area contributed by atoms with E-state index < -0.39 is 0 Å². The molecule has 0 unspecified atom stereocenters. The zero-order valence-corrected chi connectivity index (χ0v) is 24.3. The third-order valence-corrected chi connectivity index (χ3v) is 7.17. The summed E-state index contributed by atoms with van der Waals surface area (Å²) in [6.07, 6.45) is 5.57. The van der Waals surface area contributed by atoms with Crippen molar-refractivity contribution in [2.24, 2.45) is 7.05 Å². The first-order valence-corrected chi connectivity index (χ1v) is 13.3. The van der Waals surface area contributed by atoms with Gasteiger partial charge in [-0.2, -0.15) is 10.1 Å². The molecule has 0 amide bonds. The van der Waals surface area contributed by atoms with Gasteiger partial charge in [0.1, 0.15) is 11.6 Å². The van der Waals surface area contributed by atoms with Gasteiger partial charge < -0.3 is 30.5 Å². The van der Waals surface area contributed by atoms with Crippen molar-refractivity contribution in [1.82, 2.24) is 29.6 Å². The van der Waals surface area contributed by atoms with Gasteiger partial charge in [-0.1, -0.05) is 13.8 Å². The van der Waals surface area contributed by atoms with Crippen LogP contribution in [-0.4, -0.2) is 77.5 Å². The molecule has 3 aromatic heterocycles. The zero-order valence-electron chi connectivity index (χ0n) is 24.3. The largest absolute Gasteiger partial charge is 0.494 e. The lowest BCUT2D eigenvalue weighted by Crippen LogP contribution is -2.29. The van der Waals surface area contributed by atoms with E-state index in [1.807, 2.05) is 50.8 Å². The molecule has 0 radical (unpaired) electrons. The smallest absolute Gasteiger partial charge is 0.229 e. The Morgan fingerprint density at radius 3 is 2.60 bits per heavy atom. The Kier molecular flexibility index (Phi) is 7.24. The van der Waals surface area contributed by atoms with E-state index in [1.54, 1.807) is 18.0 Å². The normalized spacial score (nSPS) is 13.9. The predicted molar refractivity (Wildman–Crippen MR) is 161 cm³/mol. The molecule has 0 atom stereocenters. The van der Waals surface area contributed by atoms with Gasteiger partial charge in [0.05, 0.1) is 47.4 Å². The molecule has 0 bridgehead atoms. The number of rotatable bonds is 9. The van der Waals surface area contributed by atoms with Crippen LogP contribution >= 0.6 is 0 Å². The molecule has 40 heavy (non-hydrogen) atoms. The van der Waals surface area contributed by atoms with Crippen LogP contribution in [0.2, 0.25) is 0 Å². The number of anilines is 6. The molecule has 0 saturated heterocycles. The number of hydrogen-bond acceptors (Lipinski definition) is 10. The van der Waals surface area contributed by atoms with Crippen molar-refractivity contribution in [2.75, 3.05) is 68.7 Å². The van der Waals surface area contributed by atoms with Crippen molar-refractivity contribution in [3.63, 3.8) is 0 Å². The van der Waals surface area contributed by atoms with Crippen molar-refractivity contribution >= 4 is 34.5 Å². The summed E-state index contributed by atoms with van der Waals surface area (Å²) in [6, 6.07) is 9.88. The van der Waals surface area contributed by atoms with Crippen molar-refractivity contribution in [3.8, 4) is 17.0 Å². The first kappa shape index (κ1) is 27.2. The number of pyridine rings is 1. The van der Waals surface area contributed by atoms with E-state index >= 15 is 0 Å². The van der Waals surface area contributed by atoms with E-state index in [4.69, 9.17) is 20.4 Å². The number of nitrogens with zero attached hydrogens (tertiary/aromatic N) is 8. The summed E-state index contributed by atoms with van der Waals surface area (Å²) in [6.45, 7) is 6.90. The molecule has 11 nitrogen and oxygen atoms in total. The summed E-state index contributed by atoms with van der Waals surface area (Å²) in [4.78, 5) is 20.8. The molecule has 0 fully saturated rings. The third kappa shape index (κ3) is 5.37. The lowest BCUT2D eigenvalue weighted by Gasteiger charge is -2.24. The number of nitrogen functional groups attached to an aromatic ring is 1. The summed E-state index contributed by atoms with van der Waals surface area (Å²) in [7, 11) is 9.69. The Hall–Kier alpha value is -4.38. The summed E-state index contributed by atoms with van der Waals surface area (Å²) >= 11 is 0. The number of aryl methyl sites for hydroxylation is 1. The fourth-order valence-electron chi connectivity index (χ4n) is 4.98. The molecule has 210 valence electrons. The fraction of sp³-hybridized carbons (Fsp3) is 0.379. The van der Waals surface area contributed by atoms with E-state index in [9.17, 15) is 0 Å². The van der Waals surface area contributed by atoms with Crippen LogP contribution in [0.5, 0.6) is 5.75 Å². The maximum Gasteiger partial charge on any atom is 0.229 e. The zero-order chi connectivity index (χ0) is 28.6. The van der Waals surface area contributed by atoms with Gasteiger partial charge in [0.25, 0.3) is 0 Å². The maximum atomic E-state index is 6.46. The first-order valence-electron chi connectivity index (χ1n) is 13.3. The minimum atomic E-state index is -0.168. The molecule has 0 spiro atoms. The lowest BCUT2D eigenvalue weighted by molar-refractivity contribution is 0.413. The third-order valence-electron chi connectivity index (χ3n) is 7.17. The highest BCUT2D eigenvalue weighted by molar-refractivity contribution is 5.79. The molecule has 1 aliphatic heterocycles. The molecule has 4 aromatic rings. The van der Waals surface area contributed by atoms with Gasteiger partial charge in [-0.15, -0.1) is 0 Å². The predicted octanol–water partition coefficient (Wildman–Crippen LogP) is 4.03. The molecule has 5 rings (SSSR count). The van der Waals surface area contributed by atoms with Gasteiger partial charge in [-0.3, -0.25) is 4.68 Å². The van der Waals surface area contributed by atoms with Crippen molar-refractivity contribution in [1.29, 1.82) is 0 Å². The lowest BCUT2D eigenvalue weighted by atomic mass is 9.91. The van der Waals surface area contributed by atoms with Crippen molar-refractivity contribution < 1.29 is 4.74 Å². The number of benzene rings is 1. The summed E-state index contributed by atoms with van der Waals surface area (Å²) in [5.74, 6) is 1.90. The van der Waals surface area contributed by atoms with E-state index in [2.05, 4.69) is 64.1 Å². The maximum absolute atomic E-state index is 6.46. The molecule has 1 aliphatic rings. The second-order valence-electron chi connectivity index (χ2n) is 11.1. The van der Waals surface area contributed by atoms with E-state index in [0.717, 1.165) is 53.8 Å². The molecular formula is C29H38N10O. The second-order valence-corrected chi connectivity index (χ2v) is 11.1. The van der Waals surface area contributed by atoms with Gasteiger partial charge in [-0.25, -0.2) is 9.97 Å². The Labute approximate surface area is 235 Å². The van der Waals surface area contributed by atoms with Gasteiger partial charge in [0, 0.05) is 63.2 Å². The first-order chi connectivity index (χ1) is 19.1. The van der Waals surface area contributed by atoms with Crippen LogP contribution in [0.4, 0.5) is 34.5 Å². The number of hydrogen-bond donors (Lipinski definition) is 2. The molecule has 3 N–H and O–H groups in total. The van der Waals surface area contributed by atoms with E-state index in [-0.39, 0.29) is 5.41 Å². The number of fused-ring (bicyclic) bond motifs is 1. The van der Waals surface area contributed by atoms with E-state index in [1.165, 1.54) is 0 Å². The van der Waals surface area contributed by atoms with Gasteiger partial charge in [0.15, 0.2) is 0 Å². The minimum absolute atomic E-state index is 0.168. The summed E-state index contributed by atoms with van der Waals surface area (Å²) in [5.41, 5.74) is 12.5. The van der Waals surface area contributed by atoms with Crippen LogP contribution < -0.4 is 25.6 Å². The molecular weight excluding hydrogens is 504 g/mol. The van der Waals surface area contributed by atoms with Crippen LogP contribution in [0.1, 0.15) is 19.5 Å². The van der Waals surface area contributed by atoms with Gasteiger partial charge >= 0.3 is 0 Å². The molecule has 11 heteroatoms. The number of likely N-dealkylation sites (N-methyl/N-ethyl adjacent to an activating group) is 2. The second kappa shape index (κ2) is 10.6. The number of nitrogens with two attached hydrogens (primary N) is 1. The molecule has 0 saturated carbocycles. The van der Waals surface area contributed by atoms with Gasteiger partial charge in [0.2, 0.25) is 5.95 Å². The minimum Gasteiger partial charge on any atom is -0.494 e. The van der Waals surface area contributed by atoms with Crippen molar-refractivity contribution in [3.05, 3.63) is 54.6 Å². The topological polar surface area (TPSA) is 113 Å². The fourth-order valence-corrected chi connectivity index (χ4v) is 4.98. The Morgan fingerprint density at radius 2 is 1.90 bits per heavy atom. The van der Waals surface area contributed by atoms with Crippen LogP contribution in [0.15, 0.2) is 48.9 Å². The molecule has 0 aliphatic carbocycles. The number of methoxy groups -OCH3 is 1. The Morgan fingerprint density at radius 1 is 1.10 bits per heavy atom. The van der Waals surface area contributed by atoms with Gasteiger partial charge in [-0.05, 0) is 38.4 Å². The highest BCUT2D eigenvalue weighted by Gasteiger charge is 2.38. The number of nitrogens with one attached hydrogen (secondary N) is 1. The number of aromatic nitrogens is 5. The highest BCUT2D eigenvalue weighted by atomic mass is 16.5. The standard InChI is InChI=1S/C29H38N10O/c1-29(2)18-39(23-9-8-21(33-27(23)29)19-16-32-38(6)17-19)26-10-11-31-28(35-26)34-22-14-20(30)24(15-25(22)40-7)37(5)13-12-36(3)4/h8-11,14-17H,12-13,18,30H2,1-7H3,(H,31,34,35). The quantitative estimate of drug-likeness (QED) is 0.301. The van der Waals surface area contributed by atoms with Crippen LogP contribution in [0, 0.1) is 0 Å². The average Bonchev–Trinajstić information content (AvgIpc) is 3.47. The van der Waals surface area contributed by atoms with Crippen LogP contribution in [-0.2, 0) is 12.5 Å². The Bertz CT molecular complexity index is 1510. The monoisotopic (exact) mass is 542 g/mol. The average molecular weight is 543 g/mol. The van der Waals surface area contributed by atoms with Crippen LogP contribution in [0.3, 0.4) is 0 Å². The number of ether oxygens (including phenoxy) is 1. The van der Waals surface area contributed by atoms with E-state index in [0.29, 0.717) is 23.1 Å². The SMILES string of the molecule is COc1cc(N(C)CCN(C)C)c(N)cc1Nc1nccc(N2CC(C)(C)c3nc(-c4cnn(C)c4)ccc32)n1. The molecule has 1 aromatic carbocycles. The molecule has 4 heterocycles.